The summed E-state index contributed by atoms with van der Waals surface area (Å²) in [6.45, 7) is 2.56. The van der Waals surface area contributed by atoms with E-state index in [-0.39, 0.29) is 11.7 Å². The Balaban J connectivity index is 1.61. The summed E-state index contributed by atoms with van der Waals surface area (Å²) < 4.78 is 26.0. The number of carbonyl (C=O) groups excluding carboxylic acids is 1. The van der Waals surface area contributed by atoms with Crippen LogP contribution >= 0.6 is 11.3 Å². The van der Waals surface area contributed by atoms with Crippen molar-refractivity contribution in [2.75, 3.05) is 12.3 Å². The van der Waals surface area contributed by atoms with Gasteiger partial charge < -0.3 is 5.32 Å². The summed E-state index contributed by atoms with van der Waals surface area (Å²) >= 11 is 1.53. The van der Waals surface area contributed by atoms with Crippen molar-refractivity contribution >= 4 is 27.3 Å². The molecule has 3 rings (SSSR count). The van der Waals surface area contributed by atoms with Crippen molar-refractivity contribution in [2.24, 2.45) is 0 Å². The first kappa shape index (κ1) is 19.0. The molecular formula is C18H23N3O3S2. The van der Waals surface area contributed by atoms with Crippen LogP contribution in [-0.2, 0) is 21.4 Å². The zero-order chi connectivity index (χ0) is 18.6. The molecule has 8 heteroatoms. The fourth-order valence-corrected chi connectivity index (χ4v) is 5.68. The van der Waals surface area contributed by atoms with E-state index in [1.165, 1.54) is 15.6 Å². The van der Waals surface area contributed by atoms with Crippen molar-refractivity contribution in [3.8, 4) is 10.6 Å². The molecule has 2 aromatic rings. The van der Waals surface area contributed by atoms with Gasteiger partial charge in [-0.3, -0.25) is 4.79 Å². The molecule has 6 nitrogen and oxygen atoms in total. The molecule has 0 aliphatic carbocycles. The second kappa shape index (κ2) is 8.28. The van der Waals surface area contributed by atoms with Crippen LogP contribution < -0.4 is 5.32 Å². The number of carbonyl (C=O) groups is 1. The van der Waals surface area contributed by atoms with Crippen LogP contribution in [0.4, 0.5) is 0 Å². The minimum Gasteiger partial charge on any atom is -0.349 e. The summed E-state index contributed by atoms with van der Waals surface area (Å²) in [6, 6.07) is 9.27. The van der Waals surface area contributed by atoms with Crippen LogP contribution in [0, 0.1) is 0 Å². The lowest BCUT2D eigenvalue weighted by Gasteiger charge is -2.23. The second-order valence-corrected chi connectivity index (χ2v) is 9.21. The number of nitrogens with one attached hydrogen (secondary N) is 1. The normalized spacial score (nSPS) is 18.1. The number of sulfonamides is 1. The summed E-state index contributed by atoms with van der Waals surface area (Å²) in [4.78, 5) is 17.1. The minimum absolute atomic E-state index is 0.0866. The number of benzene rings is 1. The van der Waals surface area contributed by atoms with Crippen LogP contribution in [0.5, 0.6) is 0 Å². The predicted octanol–water partition coefficient (Wildman–Crippen LogP) is 2.63. The number of hydrogen-bond acceptors (Lipinski definition) is 5. The van der Waals surface area contributed by atoms with E-state index in [2.05, 4.69) is 10.3 Å². The van der Waals surface area contributed by atoms with E-state index in [1.54, 1.807) is 0 Å². The second-order valence-electron chi connectivity index (χ2n) is 6.31. The van der Waals surface area contributed by atoms with Crippen LogP contribution in [0.15, 0.2) is 35.7 Å². The molecule has 1 aromatic heterocycles. The van der Waals surface area contributed by atoms with Crippen LogP contribution in [0.2, 0.25) is 0 Å². The van der Waals surface area contributed by atoms with Crippen LogP contribution in [-0.4, -0.2) is 42.0 Å². The molecule has 140 valence electrons. The Kier molecular flexibility index (Phi) is 6.05. The van der Waals surface area contributed by atoms with Gasteiger partial charge >= 0.3 is 0 Å². The van der Waals surface area contributed by atoms with Crippen molar-refractivity contribution < 1.29 is 13.2 Å². The van der Waals surface area contributed by atoms with Crippen molar-refractivity contribution in [1.29, 1.82) is 0 Å². The van der Waals surface area contributed by atoms with Crippen LogP contribution in [0.25, 0.3) is 10.6 Å². The highest BCUT2D eigenvalue weighted by Crippen LogP contribution is 2.24. The summed E-state index contributed by atoms with van der Waals surface area (Å²) in [5.74, 6) is -0.153. The maximum atomic E-state index is 12.5. The van der Waals surface area contributed by atoms with Gasteiger partial charge in [0.2, 0.25) is 15.9 Å². The molecule has 1 aliphatic rings. The van der Waals surface area contributed by atoms with Crippen molar-refractivity contribution in [3.05, 3.63) is 41.4 Å². The SMILES string of the molecule is CCCS(=O)(=O)N1CCC[C@@H]1C(=O)NCc1csc(-c2ccccc2)n1. The van der Waals surface area contributed by atoms with E-state index in [0.717, 1.165) is 22.7 Å². The fraction of sp³-hybridized carbons (Fsp3) is 0.444. The van der Waals surface area contributed by atoms with Gasteiger partial charge in [-0.2, -0.15) is 4.31 Å². The Hall–Kier alpha value is -1.77. The van der Waals surface area contributed by atoms with Gasteiger partial charge in [0.15, 0.2) is 0 Å². The van der Waals surface area contributed by atoms with E-state index >= 15 is 0 Å². The molecule has 0 spiro atoms. The zero-order valence-corrected chi connectivity index (χ0v) is 16.4. The Morgan fingerprint density at radius 1 is 1.35 bits per heavy atom. The molecule has 26 heavy (non-hydrogen) atoms. The lowest BCUT2D eigenvalue weighted by molar-refractivity contribution is -0.124. The monoisotopic (exact) mass is 393 g/mol. The number of rotatable bonds is 7. The first-order valence-corrected chi connectivity index (χ1v) is 11.3. The molecule has 0 saturated carbocycles. The molecule has 1 atom stereocenters. The highest BCUT2D eigenvalue weighted by atomic mass is 32.2. The van der Waals surface area contributed by atoms with Crippen molar-refractivity contribution in [3.63, 3.8) is 0 Å². The molecule has 1 amide bonds. The van der Waals surface area contributed by atoms with E-state index in [4.69, 9.17) is 0 Å². The third-order valence-electron chi connectivity index (χ3n) is 4.34. The van der Waals surface area contributed by atoms with Gasteiger partial charge in [-0.05, 0) is 19.3 Å². The highest BCUT2D eigenvalue weighted by molar-refractivity contribution is 7.89. The highest BCUT2D eigenvalue weighted by Gasteiger charge is 2.37. The molecule has 2 heterocycles. The van der Waals surface area contributed by atoms with Crippen molar-refractivity contribution in [1.82, 2.24) is 14.6 Å². The lowest BCUT2D eigenvalue weighted by Crippen LogP contribution is -2.46. The van der Waals surface area contributed by atoms with Gasteiger partial charge in [0, 0.05) is 17.5 Å². The first-order valence-electron chi connectivity index (χ1n) is 8.78. The number of amides is 1. The largest absolute Gasteiger partial charge is 0.349 e. The standard InChI is InChI=1S/C18H23N3O3S2/c1-2-11-26(23,24)21-10-6-9-16(21)17(22)19-12-15-13-25-18(20-15)14-7-4-3-5-8-14/h3-5,7-8,13,16H,2,6,9-12H2,1H3,(H,19,22)/t16-/m1/s1. The molecule has 1 aliphatic heterocycles. The first-order chi connectivity index (χ1) is 12.5. The quantitative estimate of drug-likeness (QED) is 0.784. The molecule has 1 fully saturated rings. The Morgan fingerprint density at radius 3 is 2.85 bits per heavy atom. The third-order valence-corrected chi connectivity index (χ3v) is 7.36. The molecule has 0 radical (unpaired) electrons. The van der Waals surface area contributed by atoms with Gasteiger partial charge in [-0.1, -0.05) is 37.3 Å². The van der Waals surface area contributed by atoms with E-state index < -0.39 is 16.1 Å². The Bertz CT molecular complexity index is 850. The third kappa shape index (κ3) is 4.31. The maximum absolute atomic E-state index is 12.5. The number of nitrogens with zero attached hydrogens (tertiary/aromatic N) is 2. The number of aromatic nitrogens is 1. The fourth-order valence-electron chi connectivity index (χ4n) is 3.11. The molecule has 1 N–H and O–H groups in total. The summed E-state index contributed by atoms with van der Waals surface area (Å²) in [6.07, 6.45) is 1.84. The van der Waals surface area contributed by atoms with Crippen LogP contribution in [0.3, 0.4) is 0 Å². The van der Waals surface area contributed by atoms with Gasteiger partial charge in [-0.25, -0.2) is 13.4 Å². The topological polar surface area (TPSA) is 79.4 Å². The molecule has 1 aromatic carbocycles. The average molecular weight is 394 g/mol. The Morgan fingerprint density at radius 2 is 2.12 bits per heavy atom. The Labute approximate surface area is 158 Å². The molecule has 1 saturated heterocycles. The van der Waals surface area contributed by atoms with E-state index in [0.29, 0.717) is 25.9 Å². The van der Waals surface area contributed by atoms with E-state index in [9.17, 15) is 13.2 Å². The van der Waals surface area contributed by atoms with Gasteiger partial charge in [0.25, 0.3) is 0 Å². The van der Waals surface area contributed by atoms with Crippen molar-refractivity contribution in [2.45, 2.75) is 38.8 Å². The summed E-state index contributed by atoms with van der Waals surface area (Å²) in [5, 5.41) is 5.67. The lowest BCUT2D eigenvalue weighted by atomic mass is 10.2. The average Bonchev–Trinajstić information content (AvgIpc) is 3.30. The zero-order valence-electron chi connectivity index (χ0n) is 14.7. The van der Waals surface area contributed by atoms with Crippen LogP contribution in [0.1, 0.15) is 31.9 Å². The maximum Gasteiger partial charge on any atom is 0.238 e. The minimum atomic E-state index is -3.36. The van der Waals surface area contributed by atoms with Gasteiger partial charge in [-0.15, -0.1) is 11.3 Å². The van der Waals surface area contributed by atoms with E-state index in [1.807, 2.05) is 42.6 Å². The number of hydrogen-bond donors (Lipinski definition) is 1. The smallest absolute Gasteiger partial charge is 0.238 e. The predicted molar refractivity (Wildman–Crippen MR) is 103 cm³/mol. The summed E-state index contributed by atoms with van der Waals surface area (Å²) in [7, 11) is -3.36. The molecule has 0 bridgehead atoms. The molecule has 0 unspecified atom stereocenters. The summed E-state index contributed by atoms with van der Waals surface area (Å²) in [5.41, 5.74) is 1.82. The van der Waals surface area contributed by atoms with Gasteiger partial charge in [0.1, 0.15) is 11.0 Å². The number of thiazole rings is 1. The van der Waals surface area contributed by atoms with Gasteiger partial charge in [0.05, 0.1) is 18.0 Å². The molecular weight excluding hydrogens is 370 g/mol.